The van der Waals surface area contributed by atoms with Crippen LogP contribution in [0.4, 0.5) is 0 Å². The maximum atomic E-state index is 12.8. The monoisotopic (exact) mass is 452 g/mol. The smallest absolute Gasteiger partial charge is 0.251 e. The molecular weight excluding hydrogens is 424 g/mol. The summed E-state index contributed by atoms with van der Waals surface area (Å²) in [6.07, 6.45) is 1.95. The Kier molecular flexibility index (Phi) is 6.87. The minimum absolute atomic E-state index is 0.0737. The number of nitrogens with zero attached hydrogens (tertiary/aromatic N) is 3. The Balaban J connectivity index is 1.48. The molecular formula is C28H28N4O2. The third-order valence-corrected chi connectivity index (χ3v) is 5.86. The Bertz CT molecular complexity index is 1300. The quantitative estimate of drug-likeness (QED) is 0.448. The molecule has 0 saturated heterocycles. The number of para-hydroxylation sites is 1. The number of nitrogens with one attached hydrogen (secondary N) is 1. The van der Waals surface area contributed by atoms with Crippen molar-refractivity contribution >= 4 is 11.8 Å². The van der Waals surface area contributed by atoms with Crippen molar-refractivity contribution in [3.05, 3.63) is 107 Å². The molecule has 1 N–H and O–H groups in total. The van der Waals surface area contributed by atoms with Gasteiger partial charge in [-0.1, -0.05) is 54.6 Å². The van der Waals surface area contributed by atoms with Gasteiger partial charge in [0.1, 0.15) is 0 Å². The van der Waals surface area contributed by atoms with E-state index < -0.39 is 0 Å². The summed E-state index contributed by atoms with van der Waals surface area (Å²) in [6.45, 7) is 4.26. The van der Waals surface area contributed by atoms with Gasteiger partial charge in [0.15, 0.2) is 0 Å². The van der Waals surface area contributed by atoms with Crippen LogP contribution in [0.1, 0.15) is 27.0 Å². The topological polar surface area (TPSA) is 67.2 Å². The highest BCUT2D eigenvalue weighted by Crippen LogP contribution is 2.24. The number of benzene rings is 3. The van der Waals surface area contributed by atoms with Gasteiger partial charge in [-0.2, -0.15) is 5.10 Å². The number of rotatable bonds is 7. The first-order chi connectivity index (χ1) is 16.4. The Morgan fingerprint density at radius 3 is 2.26 bits per heavy atom. The summed E-state index contributed by atoms with van der Waals surface area (Å²) in [6, 6.07) is 25.3. The predicted molar refractivity (Wildman–Crippen MR) is 134 cm³/mol. The molecule has 1 aromatic heterocycles. The van der Waals surface area contributed by atoms with Crippen LogP contribution in [0.15, 0.2) is 85.1 Å². The van der Waals surface area contributed by atoms with Crippen LogP contribution in [0.2, 0.25) is 0 Å². The molecule has 0 saturated carbocycles. The summed E-state index contributed by atoms with van der Waals surface area (Å²) >= 11 is 0. The van der Waals surface area contributed by atoms with E-state index in [-0.39, 0.29) is 18.4 Å². The Morgan fingerprint density at radius 1 is 0.912 bits per heavy atom. The molecule has 0 aliphatic carbocycles. The number of hydrogen-bond acceptors (Lipinski definition) is 3. The summed E-state index contributed by atoms with van der Waals surface area (Å²) in [5, 5.41) is 7.54. The molecule has 34 heavy (non-hydrogen) atoms. The Morgan fingerprint density at radius 2 is 1.59 bits per heavy atom. The largest absolute Gasteiger partial charge is 0.343 e. The van der Waals surface area contributed by atoms with Crippen LogP contribution in [-0.4, -0.2) is 40.1 Å². The van der Waals surface area contributed by atoms with Crippen LogP contribution in [0, 0.1) is 13.8 Å². The average Bonchev–Trinajstić information content (AvgIpc) is 3.28. The van der Waals surface area contributed by atoms with E-state index >= 15 is 0 Å². The van der Waals surface area contributed by atoms with Crippen LogP contribution in [0.5, 0.6) is 0 Å². The zero-order valence-corrected chi connectivity index (χ0v) is 19.7. The van der Waals surface area contributed by atoms with Gasteiger partial charge >= 0.3 is 0 Å². The molecule has 0 unspecified atom stereocenters. The van der Waals surface area contributed by atoms with E-state index in [1.54, 1.807) is 18.0 Å². The van der Waals surface area contributed by atoms with Crippen molar-refractivity contribution in [3.63, 3.8) is 0 Å². The van der Waals surface area contributed by atoms with Crippen molar-refractivity contribution in [1.29, 1.82) is 0 Å². The van der Waals surface area contributed by atoms with Crippen LogP contribution < -0.4 is 5.32 Å². The lowest BCUT2D eigenvalue weighted by molar-refractivity contribution is -0.129. The minimum atomic E-state index is -0.258. The number of carbonyl (C=O) groups is 2. The first-order valence-electron chi connectivity index (χ1n) is 11.2. The van der Waals surface area contributed by atoms with Gasteiger partial charge in [-0.05, 0) is 49.2 Å². The summed E-state index contributed by atoms with van der Waals surface area (Å²) in [4.78, 5) is 26.9. The molecule has 0 atom stereocenters. The third-order valence-electron chi connectivity index (χ3n) is 5.86. The summed E-state index contributed by atoms with van der Waals surface area (Å²) in [5.74, 6) is -0.435. The Hall–Kier alpha value is -4.19. The fourth-order valence-electron chi connectivity index (χ4n) is 3.70. The molecule has 0 bridgehead atoms. The first-order valence-corrected chi connectivity index (χ1v) is 11.2. The summed E-state index contributed by atoms with van der Waals surface area (Å²) < 4.78 is 1.83. The van der Waals surface area contributed by atoms with E-state index in [1.165, 1.54) is 0 Å². The van der Waals surface area contributed by atoms with Crippen molar-refractivity contribution < 1.29 is 9.59 Å². The van der Waals surface area contributed by atoms with Crippen molar-refractivity contribution in [1.82, 2.24) is 20.0 Å². The van der Waals surface area contributed by atoms with Crippen LogP contribution >= 0.6 is 0 Å². The summed E-state index contributed by atoms with van der Waals surface area (Å²) in [5.41, 5.74) is 6.39. The molecule has 6 nitrogen and oxygen atoms in total. The van der Waals surface area contributed by atoms with Crippen molar-refractivity contribution in [2.75, 3.05) is 13.6 Å². The molecule has 0 spiro atoms. The van der Waals surface area contributed by atoms with E-state index in [9.17, 15) is 9.59 Å². The van der Waals surface area contributed by atoms with Gasteiger partial charge in [0.25, 0.3) is 5.91 Å². The van der Waals surface area contributed by atoms with Gasteiger partial charge in [0.05, 0.1) is 17.9 Å². The predicted octanol–water partition coefficient (Wildman–Crippen LogP) is 4.54. The molecule has 2 amide bonds. The van der Waals surface area contributed by atoms with Gasteiger partial charge in [0, 0.05) is 36.5 Å². The van der Waals surface area contributed by atoms with Crippen molar-refractivity contribution in [3.8, 4) is 16.9 Å². The van der Waals surface area contributed by atoms with Crippen LogP contribution in [0.3, 0.4) is 0 Å². The van der Waals surface area contributed by atoms with E-state index in [0.29, 0.717) is 12.1 Å². The number of amides is 2. The highest BCUT2D eigenvalue weighted by molar-refractivity contribution is 5.96. The lowest BCUT2D eigenvalue weighted by atomic mass is 10.1. The number of carbonyl (C=O) groups excluding carboxylic acids is 2. The normalized spacial score (nSPS) is 10.7. The first kappa shape index (κ1) is 23.0. The second-order valence-corrected chi connectivity index (χ2v) is 8.38. The number of aromatic nitrogens is 2. The zero-order valence-electron chi connectivity index (χ0n) is 19.7. The maximum Gasteiger partial charge on any atom is 0.251 e. The average molecular weight is 453 g/mol. The molecule has 0 aliphatic heterocycles. The van der Waals surface area contributed by atoms with Crippen molar-refractivity contribution in [2.24, 2.45) is 0 Å². The van der Waals surface area contributed by atoms with Gasteiger partial charge in [-0.25, -0.2) is 4.68 Å². The SMILES string of the molecule is Cc1ccc(C(=O)NCC(=O)N(C)Cc2cn(-c3ccccc3)nc2-c2ccccc2)cc1C. The molecule has 1 heterocycles. The lowest BCUT2D eigenvalue weighted by Gasteiger charge is -2.17. The molecule has 172 valence electrons. The highest BCUT2D eigenvalue weighted by Gasteiger charge is 2.17. The van der Waals surface area contributed by atoms with Crippen LogP contribution in [-0.2, 0) is 11.3 Å². The van der Waals surface area contributed by atoms with Crippen LogP contribution in [0.25, 0.3) is 16.9 Å². The van der Waals surface area contributed by atoms with E-state index in [1.807, 2.05) is 97.5 Å². The Labute approximate surface area is 199 Å². The minimum Gasteiger partial charge on any atom is -0.343 e. The van der Waals surface area contributed by atoms with Crippen molar-refractivity contribution in [2.45, 2.75) is 20.4 Å². The fraction of sp³-hybridized carbons (Fsp3) is 0.179. The third kappa shape index (κ3) is 5.23. The zero-order chi connectivity index (χ0) is 24.1. The number of aryl methyl sites for hydroxylation is 2. The van der Waals surface area contributed by atoms with E-state index in [4.69, 9.17) is 5.10 Å². The van der Waals surface area contributed by atoms with Gasteiger partial charge < -0.3 is 10.2 Å². The van der Waals surface area contributed by atoms with E-state index in [0.717, 1.165) is 33.6 Å². The lowest BCUT2D eigenvalue weighted by Crippen LogP contribution is -2.37. The second kappa shape index (κ2) is 10.2. The molecule has 0 aliphatic rings. The second-order valence-electron chi connectivity index (χ2n) is 8.38. The highest BCUT2D eigenvalue weighted by atomic mass is 16.2. The summed E-state index contributed by atoms with van der Waals surface area (Å²) in [7, 11) is 1.74. The fourth-order valence-corrected chi connectivity index (χ4v) is 3.70. The number of hydrogen-bond donors (Lipinski definition) is 1. The maximum absolute atomic E-state index is 12.8. The molecule has 4 aromatic rings. The molecule has 3 aromatic carbocycles. The standard InChI is InChI=1S/C28H28N4O2/c1-20-14-15-23(16-21(20)2)28(34)29-17-26(33)31(3)18-24-19-32(25-12-8-5-9-13-25)30-27(24)22-10-6-4-7-11-22/h4-16,19H,17-18H2,1-3H3,(H,29,34). The van der Waals surface area contributed by atoms with Gasteiger partial charge in [-0.15, -0.1) is 0 Å². The van der Waals surface area contributed by atoms with E-state index in [2.05, 4.69) is 5.32 Å². The van der Waals surface area contributed by atoms with Gasteiger partial charge in [0.2, 0.25) is 5.91 Å². The molecule has 6 heteroatoms. The molecule has 0 radical (unpaired) electrons. The molecule has 0 fully saturated rings. The number of likely N-dealkylation sites (N-methyl/N-ethyl adjacent to an activating group) is 1. The molecule has 4 rings (SSSR count). The van der Waals surface area contributed by atoms with Gasteiger partial charge in [-0.3, -0.25) is 9.59 Å².